The van der Waals surface area contributed by atoms with Gasteiger partial charge in [0.25, 0.3) is 0 Å². The van der Waals surface area contributed by atoms with Crippen LogP contribution in [0.25, 0.3) is 12.2 Å². The predicted molar refractivity (Wildman–Crippen MR) is 95.1 cm³/mol. The Morgan fingerprint density at radius 2 is 1.50 bits per heavy atom. The summed E-state index contributed by atoms with van der Waals surface area (Å²) in [6.07, 6.45) is 3.44. The monoisotopic (exact) mass is 296 g/mol. The largest absolute Gasteiger partial charge is 0.507 e. The molecule has 2 rings (SSSR count). The maximum Gasteiger partial charge on any atom is 0.122 e. The van der Waals surface area contributed by atoms with Crippen molar-refractivity contribution in [3.05, 3.63) is 72.8 Å². The minimum Gasteiger partial charge on any atom is -0.507 e. The SMILES string of the molecule is C=Cc1ccc(OC(C)(C)C)cc1.C=Cc1ccccc1O. The molecule has 2 aromatic carbocycles. The highest BCUT2D eigenvalue weighted by Crippen LogP contribution is 2.18. The molecule has 0 aromatic heterocycles. The molecule has 0 saturated heterocycles. The molecule has 22 heavy (non-hydrogen) atoms. The third kappa shape index (κ3) is 6.31. The number of hydrogen-bond donors (Lipinski definition) is 1. The zero-order valence-electron chi connectivity index (χ0n) is 13.5. The fourth-order valence-corrected chi connectivity index (χ4v) is 1.69. The summed E-state index contributed by atoms with van der Waals surface area (Å²) in [4.78, 5) is 0. The van der Waals surface area contributed by atoms with Gasteiger partial charge >= 0.3 is 0 Å². The molecule has 1 N–H and O–H groups in total. The van der Waals surface area contributed by atoms with Gasteiger partial charge in [0.1, 0.15) is 17.1 Å². The van der Waals surface area contributed by atoms with Gasteiger partial charge in [0.15, 0.2) is 0 Å². The van der Waals surface area contributed by atoms with Crippen LogP contribution in [0.1, 0.15) is 31.9 Å². The van der Waals surface area contributed by atoms with E-state index in [1.165, 1.54) is 0 Å². The summed E-state index contributed by atoms with van der Waals surface area (Å²) >= 11 is 0. The molecule has 0 amide bonds. The summed E-state index contributed by atoms with van der Waals surface area (Å²) in [5.74, 6) is 1.19. The van der Waals surface area contributed by atoms with Crippen molar-refractivity contribution >= 4 is 12.2 Å². The van der Waals surface area contributed by atoms with Gasteiger partial charge < -0.3 is 9.84 Å². The Hall–Kier alpha value is -2.48. The normalized spacial score (nSPS) is 10.1. The molecule has 0 fully saturated rings. The molecule has 0 aliphatic heterocycles. The molecule has 0 radical (unpaired) electrons. The first-order valence-electron chi connectivity index (χ1n) is 7.17. The summed E-state index contributed by atoms with van der Waals surface area (Å²) in [6, 6.07) is 15.0. The van der Waals surface area contributed by atoms with Crippen LogP contribution in [0.3, 0.4) is 0 Å². The van der Waals surface area contributed by atoms with Crippen molar-refractivity contribution in [2.45, 2.75) is 26.4 Å². The smallest absolute Gasteiger partial charge is 0.122 e. The van der Waals surface area contributed by atoms with Crippen molar-refractivity contribution in [2.24, 2.45) is 0 Å². The lowest BCUT2D eigenvalue weighted by atomic mass is 10.2. The molecule has 0 unspecified atom stereocenters. The second-order valence-electron chi connectivity index (χ2n) is 5.75. The number of rotatable bonds is 3. The standard InChI is InChI=1S/C12H16O.C8H8O/c1-5-10-6-8-11(9-7-10)13-12(2,3)4;1-2-7-5-3-4-6-8(7)9/h5-9H,1H2,2-4H3;2-6,9H,1H2. The lowest BCUT2D eigenvalue weighted by molar-refractivity contribution is 0.131. The summed E-state index contributed by atoms with van der Waals surface area (Å²) in [6.45, 7) is 13.3. The predicted octanol–water partition coefficient (Wildman–Crippen LogP) is 5.54. The second kappa shape index (κ2) is 8.08. The highest BCUT2D eigenvalue weighted by atomic mass is 16.5. The van der Waals surface area contributed by atoms with E-state index in [1.54, 1.807) is 18.2 Å². The van der Waals surface area contributed by atoms with Crippen LogP contribution < -0.4 is 4.74 Å². The molecule has 2 aromatic rings. The Balaban J connectivity index is 0.000000235. The maximum absolute atomic E-state index is 9.04. The van der Waals surface area contributed by atoms with Crippen molar-refractivity contribution in [2.75, 3.05) is 0 Å². The van der Waals surface area contributed by atoms with Crippen molar-refractivity contribution in [1.82, 2.24) is 0 Å². The van der Waals surface area contributed by atoms with Crippen LogP contribution in [-0.4, -0.2) is 10.7 Å². The second-order valence-corrected chi connectivity index (χ2v) is 5.75. The van der Waals surface area contributed by atoms with Crippen LogP contribution in [0, 0.1) is 0 Å². The first-order chi connectivity index (χ1) is 10.4. The van der Waals surface area contributed by atoms with Crippen molar-refractivity contribution in [1.29, 1.82) is 0 Å². The summed E-state index contributed by atoms with van der Waals surface area (Å²) < 4.78 is 5.67. The molecule has 0 aliphatic rings. The van der Waals surface area contributed by atoms with Gasteiger partial charge in [0, 0.05) is 5.56 Å². The Morgan fingerprint density at radius 3 is 1.91 bits per heavy atom. The molecule has 2 nitrogen and oxygen atoms in total. The number of aromatic hydroxyl groups is 1. The van der Waals surface area contributed by atoms with Crippen LogP contribution >= 0.6 is 0 Å². The average Bonchev–Trinajstić information content (AvgIpc) is 2.48. The minimum atomic E-state index is -0.129. The van der Waals surface area contributed by atoms with E-state index in [2.05, 4.69) is 13.2 Å². The van der Waals surface area contributed by atoms with Crippen LogP contribution in [0.15, 0.2) is 61.7 Å². The van der Waals surface area contributed by atoms with Gasteiger partial charge in [0.2, 0.25) is 0 Å². The zero-order valence-corrected chi connectivity index (χ0v) is 13.5. The molecule has 0 bridgehead atoms. The van der Waals surface area contributed by atoms with Gasteiger partial charge in [-0.3, -0.25) is 0 Å². The Morgan fingerprint density at radius 1 is 0.909 bits per heavy atom. The van der Waals surface area contributed by atoms with E-state index in [4.69, 9.17) is 9.84 Å². The van der Waals surface area contributed by atoms with E-state index in [0.29, 0.717) is 0 Å². The van der Waals surface area contributed by atoms with E-state index in [1.807, 2.05) is 63.2 Å². The number of phenolic OH excluding ortho intramolecular Hbond substituents is 1. The van der Waals surface area contributed by atoms with E-state index >= 15 is 0 Å². The molecule has 0 atom stereocenters. The summed E-state index contributed by atoms with van der Waals surface area (Å²) in [7, 11) is 0. The molecule has 0 aliphatic carbocycles. The van der Waals surface area contributed by atoms with Gasteiger partial charge in [0.05, 0.1) is 0 Å². The van der Waals surface area contributed by atoms with Gasteiger partial charge in [-0.05, 0) is 44.5 Å². The summed E-state index contributed by atoms with van der Waals surface area (Å²) in [5.41, 5.74) is 1.76. The molecule has 0 saturated carbocycles. The molecular formula is C20H24O2. The van der Waals surface area contributed by atoms with E-state index in [9.17, 15) is 0 Å². The van der Waals surface area contributed by atoms with Crippen LogP contribution in [0.4, 0.5) is 0 Å². The highest BCUT2D eigenvalue weighted by Gasteiger charge is 2.10. The molecular weight excluding hydrogens is 272 g/mol. The number of benzene rings is 2. The van der Waals surface area contributed by atoms with Crippen molar-refractivity contribution < 1.29 is 9.84 Å². The van der Waals surface area contributed by atoms with Crippen molar-refractivity contribution in [3.8, 4) is 11.5 Å². The average molecular weight is 296 g/mol. The fraction of sp³-hybridized carbons (Fsp3) is 0.200. The topological polar surface area (TPSA) is 29.5 Å². The van der Waals surface area contributed by atoms with Gasteiger partial charge in [-0.2, -0.15) is 0 Å². The maximum atomic E-state index is 9.04. The lowest BCUT2D eigenvalue weighted by Crippen LogP contribution is -2.22. The third-order valence-corrected chi connectivity index (χ3v) is 2.70. The quantitative estimate of drug-likeness (QED) is 0.805. The van der Waals surface area contributed by atoms with E-state index in [-0.39, 0.29) is 11.4 Å². The number of phenols is 1. The van der Waals surface area contributed by atoms with E-state index < -0.39 is 0 Å². The van der Waals surface area contributed by atoms with Gasteiger partial charge in [-0.1, -0.05) is 55.6 Å². The lowest BCUT2D eigenvalue weighted by Gasteiger charge is -2.21. The Kier molecular flexibility index (Phi) is 6.46. The number of para-hydroxylation sites is 1. The highest BCUT2D eigenvalue weighted by molar-refractivity contribution is 5.54. The Bertz CT molecular complexity index is 604. The molecule has 0 heterocycles. The first kappa shape index (κ1) is 17.6. The van der Waals surface area contributed by atoms with Crippen LogP contribution in [-0.2, 0) is 0 Å². The number of hydrogen-bond acceptors (Lipinski definition) is 2. The first-order valence-corrected chi connectivity index (χ1v) is 7.17. The molecule has 116 valence electrons. The zero-order chi connectivity index (χ0) is 16.6. The van der Waals surface area contributed by atoms with Crippen molar-refractivity contribution in [3.63, 3.8) is 0 Å². The molecule has 0 spiro atoms. The Labute approximate surface area is 133 Å². The third-order valence-electron chi connectivity index (χ3n) is 2.70. The molecule has 2 heteroatoms. The minimum absolute atomic E-state index is 0.129. The van der Waals surface area contributed by atoms with E-state index in [0.717, 1.165) is 16.9 Å². The summed E-state index contributed by atoms with van der Waals surface area (Å²) in [5, 5.41) is 9.04. The van der Waals surface area contributed by atoms with Crippen LogP contribution in [0.2, 0.25) is 0 Å². The fourth-order valence-electron chi connectivity index (χ4n) is 1.69. The van der Waals surface area contributed by atoms with Crippen LogP contribution in [0.5, 0.6) is 11.5 Å². The van der Waals surface area contributed by atoms with Gasteiger partial charge in [-0.25, -0.2) is 0 Å². The van der Waals surface area contributed by atoms with Gasteiger partial charge in [-0.15, -0.1) is 0 Å². The number of ether oxygens (including phenoxy) is 1.